The van der Waals surface area contributed by atoms with Gasteiger partial charge in [0.05, 0.1) is 12.1 Å². The van der Waals surface area contributed by atoms with E-state index in [0.717, 1.165) is 0 Å². The molecule has 1 heterocycles. The van der Waals surface area contributed by atoms with Gasteiger partial charge in [-0.3, -0.25) is 4.79 Å². The molecule has 1 amide bonds. The standard InChI is InChI=1S/C14H14N2O5/c1-9-12(16-8-21-9)13(17)15-6-7-20-11-4-2-10(3-5-11)14(18)19/h2-5,8H,6-7H2,1H3,(H,15,17)(H,18,19). The lowest BCUT2D eigenvalue weighted by atomic mass is 10.2. The summed E-state index contributed by atoms with van der Waals surface area (Å²) in [5, 5.41) is 11.4. The Balaban J connectivity index is 1.76. The van der Waals surface area contributed by atoms with Crippen LogP contribution in [0.1, 0.15) is 26.6 Å². The summed E-state index contributed by atoms with van der Waals surface area (Å²) < 4.78 is 10.3. The van der Waals surface area contributed by atoms with E-state index in [0.29, 0.717) is 18.1 Å². The Bertz CT molecular complexity index is 633. The van der Waals surface area contributed by atoms with E-state index in [9.17, 15) is 9.59 Å². The first-order valence-corrected chi connectivity index (χ1v) is 6.22. The molecule has 0 bridgehead atoms. The van der Waals surface area contributed by atoms with Gasteiger partial charge >= 0.3 is 5.97 Å². The third-order valence-corrected chi connectivity index (χ3v) is 2.72. The van der Waals surface area contributed by atoms with E-state index < -0.39 is 5.97 Å². The van der Waals surface area contributed by atoms with Crippen molar-refractivity contribution in [2.75, 3.05) is 13.2 Å². The lowest BCUT2D eigenvalue weighted by Crippen LogP contribution is -2.28. The van der Waals surface area contributed by atoms with E-state index in [1.807, 2.05) is 0 Å². The molecule has 0 spiro atoms. The van der Waals surface area contributed by atoms with Crippen molar-refractivity contribution in [1.82, 2.24) is 10.3 Å². The molecule has 0 aliphatic carbocycles. The predicted octanol–water partition coefficient (Wildman–Crippen LogP) is 1.49. The molecule has 1 aromatic heterocycles. The number of nitrogens with one attached hydrogen (secondary N) is 1. The number of aromatic nitrogens is 1. The minimum atomic E-state index is -0.989. The Morgan fingerprint density at radius 1 is 1.33 bits per heavy atom. The van der Waals surface area contributed by atoms with Crippen molar-refractivity contribution < 1.29 is 23.8 Å². The molecule has 0 aliphatic rings. The van der Waals surface area contributed by atoms with Gasteiger partial charge in [-0.1, -0.05) is 0 Å². The second kappa shape index (κ2) is 6.56. The van der Waals surface area contributed by atoms with Crippen LogP contribution in [0.4, 0.5) is 0 Å². The molecule has 0 saturated heterocycles. The van der Waals surface area contributed by atoms with Crippen LogP contribution in [-0.4, -0.2) is 35.1 Å². The lowest BCUT2D eigenvalue weighted by Gasteiger charge is -2.07. The highest BCUT2D eigenvalue weighted by molar-refractivity contribution is 5.93. The zero-order valence-electron chi connectivity index (χ0n) is 11.3. The Morgan fingerprint density at radius 2 is 2.05 bits per heavy atom. The van der Waals surface area contributed by atoms with Crippen LogP contribution in [-0.2, 0) is 0 Å². The second-order valence-electron chi connectivity index (χ2n) is 4.19. The van der Waals surface area contributed by atoms with Gasteiger partial charge in [-0.15, -0.1) is 0 Å². The molecule has 1 aromatic carbocycles. The van der Waals surface area contributed by atoms with E-state index in [1.165, 1.54) is 18.5 Å². The first-order valence-electron chi connectivity index (χ1n) is 6.22. The maximum absolute atomic E-state index is 11.7. The SMILES string of the molecule is Cc1ocnc1C(=O)NCCOc1ccc(C(=O)O)cc1. The van der Waals surface area contributed by atoms with Crippen LogP contribution >= 0.6 is 0 Å². The maximum atomic E-state index is 11.7. The fourth-order valence-electron chi connectivity index (χ4n) is 1.63. The number of oxazole rings is 1. The first-order chi connectivity index (χ1) is 10.1. The largest absolute Gasteiger partial charge is 0.492 e. The average Bonchev–Trinajstić information content (AvgIpc) is 2.90. The zero-order valence-corrected chi connectivity index (χ0v) is 11.3. The van der Waals surface area contributed by atoms with Crippen LogP contribution in [0.25, 0.3) is 0 Å². The summed E-state index contributed by atoms with van der Waals surface area (Å²) in [4.78, 5) is 26.2. The van der Waals surface area contributed by atoms with Crippen LogP contribution in [0.3, 0.4) is 0 Å². The molecule has 0 saturated carbocycles. The highest BCUT2D eigenvalue weighted by Crippen LogP contribution is 2.11. The molecule has 2 aromatic rings. The van der Waals surface area contributed by atoms with Gasteiger partial charge < -0.3 is 19.6 Å². The number of rotatable bonds is 6. The molecule has 110 valence electrons. The number of nitrogens with zero attached hydrogens (tertiary/aromatic N) is 1. The highest BCUT2D eigenvalue weighted by Gasteiger charge is 2.12. The summed E-state index contributed by atoms with van der Waals surface area (Å²) in [6.45, 7) is 2.21. The predicted molar refractivity (Wildman–Crippen MR) is 72.5 cm³/mol. The number of aryl methyl sites for hydroxylation is 1. The number of benzene rings is 1. The van der Waals surface area contributed by atoms with Crippen LogP contribution in [0, 0.1) is 6.92 Å². The molecule has 0 radical (unpaired) electrons. The van der Waals surface area contributed by atoms with Crippen molar-refractivity contribution in [1.29, 1.82) is 0 Å². The zero-order chi connectivity index (χ0) is 15.2. The molecule has 0 atom stereocenters. The highest BCUT2D eigenvalue weighted by atomic mass is 16.5. The normalized spacial score (nSPS) is 10.1. The molecule has 0 aliphatic heterocycles. The second-order valence-corrected chi connectivity index (χ2v) is 4.19. The average molecular weight is 290 g/mol. The molecule has 0 unspecified atom stereocenters. The van der Waals surface area contributed by atoms with Crippen molar-refractivity contribution in [2.24, 2.45) is 0 Å². The first kappa shape index (κ1) is 14.6. The number of hydrogen-bond acceptors (Lipinski definition) is 5. The molecular weight excluding hydrogens is 276 g/mol. The van der Waals surface area contributed by atoms with Crippen LogP contribution < -0.4 is 10.1 Å². The van der Waals surface area contributed by atoms with E-state index in [2.05, 4.69) is 10.3 Å². The van der Waals surface area contributed by atoms with Crippen molar-refractivity contribution in [3.05, 3.63) is 47.7 Å². The van der Waals surface area contributed by atoms with Gasteiger partial charge in [0.1, 0.15) is 18.1 Å². The number of carboxylic acid groups (broad SMARTS) is 1. The van der Waals surface area contributed by atoms with Gasteiger partial charge in [-0.05, 0) is 31.2 Å². The summed E-state index contributed by atoms with van der Waals surface area (Å²) in [6.07, 6.45) is 1.21. The number of carboxylic acids is 1. The Morgan fingerprint density at radius 3 is 2.62 bits per heavy atom. The van der Waals surface area contributed by atoms with Crippen molar-refractivity contribution in [3.8, 4) is 5.75 Å². The number of ether oxygens (including phenoxy) is 1. The van der Waals surface area contributed by atoms with E-state index >= 15 is 0 Å². The van der Waals surface area contributed by atoms with Gasteiger partial charge in [0, 0.05) is 0 Å². The summed E-state index contributed by atoms with van der Waals surface area (Å²) in [7, 11) is 0. The van der Waals surface area contributed by atoms with Crippen LogP contribution in [0.2, 0.25) is 0 Å². The number of aromatic carboxylic acids is 1. The molecule has 0 fully saturated rings. The minimum Gasteiger partial charge on any atom is -0.492 e. The topological polar surface area (TPSA) is 102 Å². The van der Waals surface area contributed by atoms with Gasteiger partial charge in [0.2, 0.25) is 0 Å². The molecular formula is C14H14N2O5. The third-order valence-electron chi connectivity index (χ3n) is 2.72. The fraction of sp³-hybridized carbons (Fsp3) is 0.214. The molecule has 2 N–H and O–H groups in total. The van der Waals surface area contributed by atoms with Crippen molar-refractivity contribution >= 4 is 11.9 Å². The summed E-state index contributed by atoms with van der Waals surface area (Å²) in [5.74, 6) is -0.326. The van der Waals surface area contributed by atoms with E-state index in [-0.39, 0.29) is 23.8 Å². The molecule has 7 heteroatoms. The van der Waals surface area contributed by atoms with Crippen LogP contribution in [0.15, 0.2) is 35.1 Å². The van der Waals surface area contributed by atoms with E-state index in [1.54, 1.807) is 19.1 Å². The van der Waals surface area contributed by atoms with Crippen molar-refractivity contribution in [3.63, 3.8) is 0 Å². The quantitative estimate of drug-likeness (QED) is 0.781. The Hall–Kier alpha value is -2.83. The lowest BCUT2D eigenvalue weighted by molar-refractivity contribution is 0.0696. The minimum absolute atomic E-state index is 0.192. The van der Waals surface area contributed by atoms with E-state index in [4.69, 9.17) is 14.3 Å². The van der Waals surface area contributed by atoms with Gasteiger partial charge in [0.15, 0.2) is 12.1 Å². The number of amides is 1. The van der Waals surface area contributed by atoms with Gasteiger partial charge in [-0.25, -0.2) is 9.78 Å². The Kier molecular flexibility index (Phi) is 4.55. The maximum Gasteiger partial charge on any atom is 0.335 e. The summed E-state index contributed by atoms with van der Waals surface area (Å²) >= 11 is 0. The van der Waals surface area contributed by atoms with Gasteiger partial charge in [0.25, 0.3) is 5.91 Å². The summed E-state index contributed by atoms with van der Waals surface area (Å²) in [5.41, 5.74) is 0.443. The number of hydrogen-bond donors (Lipinski definition) is 2. The molecule has 7 nitrogen and oxygen atoms in total. The summed E-state index contributed by atoms with van der Waals surface area (Å²) in [6, 6.07) is 6.03. The fourth-order valence-corrected chi connectivity index (χ4v) is 1.63. The number of carbonyl (C=O) groups is 2. The molecule has 21 heavy (non-hydrogen) atoms. The van der Waals surface area contributed by atoms with Crippen LogP contribution in [0.5, 0.6) is 5.75 Å². The monoisotopic (exact) mass is 290 g/mol. The van der Waals surface area contributed by atoms with Crippen molar-refractivity contribution in [2.45, 2.75) is 6.92 Å². The smallest absolute Gasteiger partial charge is 0.335 e. The number of carbonyl (C=O) groups excluding carboxylic acids is 1. The van der Waals surface area contributed by atoms with Gasteiger partial charge in [-0.2, -0.15) is 0 Å². The third kappa shape index (κ3) is 3.82. The molecule has 2 rings (SSSR count). The Labute approximate surface area is 120 Å².